The van der Waals surface area contributed by atoms with E-state index < -0.39 is 17.3 Å². The molecule has 3 N–H and O–H groups in total. The largest absolute Gasteiger partial charge is 0.478 e. The fourth-order valence-electron chi connectivity index (χ4n) is 2.12. The number of nitrogens with zero attached hydrogens (tertiary/aromatic N) is 4. The normalized spacial score (nSPS) is 10.8. The van der Waals surface area contributed by atoms with Crippen LogP contribution < -0.4 is 10.5 Å². The van der Waals surface area contributed by atoms with Crippen LogP contribution in [-0.4, -0.2) is 37.6 Å². The standard InChI is InChI=1S/C15H12FN5O3/c1-2-24-13-11-12(20-15(17)21-13)18-6-10(19-11)7-3-4-8(14(22)23)9(16)5-7/h3-6H,2H2,1H3,(H,22,23)(H2,17,18,20,21). The van der Waals surface area contributed by atoms with E-state index in [0.717, 1.165) is 6.07 Å². The number of ether oxygens (including phenoxy) is 1. The van der Waals surface area contributed by atoms with E-state index in [1.807, 2.05) is 0 Å². The first-order valence-corrected chi connectivity index (χ1v) is 6.96. The smallest absolute Gasteiger partial charge is 0.338 e. The molecule has 8 nitrogen and oxygen atoms in total. The number of nitrogen functional groups attached to an aromatic ring is 1. The molecule has 0 spiro atoms. The highest BCUT2D eigenvalue weighted by molar-refractivity contribution is 5.88. The van der Waals surface area contributed by atoms with E-state index in [0.29, 0.717) is 17.9 Å². The zero-order valence-electron chi connectivity index (χ0n) is 12.5. The van der Waals surface area contributed by atoms with Crippen LogP contribution in [0.4, 0.5) is 10.3 Å². The van der Waals surface area contributed by atoms with Crippen molar-refractivity contribution in [3.8, 4) is 17.1 Å². The van der Waals surface area contributed by atoms with Crippen molar-refractivity contribution in [1.29, 1.82) is 0 Å². The van der Waals surface area contributed by atoms with E-state index in [-0.39, 0.29) is 23.0 Å². The third-order valence-electron chi connectivity index (χ3n) is 3.17. The minimum absolute atomic E-state index is 0.00450. The number of hydrogen-bond acceptors (Lipinski definition) is 7. The highest BCUT2D eigenvalue weighted by atomic mass is 19.1. The first-order valence-electron chi connectivity index (χ1n) is 6.96. The van der Waals surface area contributed by atoms with E-state index in [4.69, 9.17) is 15.6 Å². The molecule has 0 atom stereocenters. The average Bonchev–Trinajstić information content (AvgIpc) is 2.54. The van der Waals surface area contributed by atoms with Gasteiger partial charge < -0.3 is 15.6 Å². The second-order valence-electron chi connectivity index (χ2n) is 4.75. The van der Waals surface area contributed by atoms with Crippen molar-refractivity contribution >= 4 is 23.1 Å². The van der Waals surface area contributed by atoms with E-state index in [2.05, 4.69) is 19.9 Å². The Morgan fingerprint density at radius 2 is 2.12 bits per heavy atom. The molecule has 24 heavy (non-hydrogen) atoms. The molecule has 0 bridgehead atoms. The highest BCUT2D eigenvalue weighted by Crippen LogP contribution is 2.25. The summed E-state index contributed by atoms with van der Waals surface area (Å²) in [5, 5.41) is 8.88. The molecule has 0 amide bonds. The van der Waals surface area contributed by atoms with Crippen molar-refractivity contribution in [1.82, 2.24) is 19.9 Å². The van der Waals surface area contributed by atoms with Crippen molar-refractivity contribution in [2.45, 2.75) is 6.92 Å². The van der Waals surface area contributed by atoms with Gasteiger partial charge in [0.15, 0.2) is 11.2 Å². The third-order valence-corrected chi connectivity index (χ3v) is 3.17. The number of carboxylic acids is 1. The predicted molar refractivity (Wildman–Crippen MR) is 83.1 cm³/mol. The molecule has 122 valence electrons. The molecule has 2 heterocycles. The minimum Gasteiger partial charge on any atom is -0.478 e. The maximum atomic E-state index is 13.9. The summed E-state index contributed by atoms with van der Waals surface area (Å²) in [5.74, 6) is -2.02. The molecule has 3 rings (SSSR count). The van der Waals surface area contributed by atoms with E-state index in [1.165, 1.54) is 18.3 Å². The van der Waals surface area contributed by atoms with Crippen molar-refractivity contribution in [3.63, 3.8) is 0 Å². The van der Waals surface area contributed by atoms with Crippen molar-refractivity contribution in [3.05, 3.63) is 35.8 Å². The van der Waals surface area contributed by atoms with Gasteiger partial charge in [-0.25, -0.2) is 19.2 Å². The molecule has 0 aliphatic carbocycles. The number of carbonyl (C=O) groups is 1. The van der Waals surface area contributed by atoms with Crippen molar-refractivity contribution in [2.24, 2.45) is 0 Å². The number of aromatic carboxylic acids is 1. The van der Waals surface area contributed by atoms with Gasteiger partial charge in [-0.3, -0.25) is 0 Å². The summed E-state index contributed by atoms with van der Waals surface area (Å²) in [4.78, 5) is 27.3. The van der Waals surface area contributed by atoms with Crippen LogP contribution in [0.1, 0.15) is 17.3 Å². The fourth-order valence-corrected chi connectivity index (χ4v) is 2.12. The molecule has 0 saturated carbocycles. The monoisotopic (exact) mass is 329 g/mol. The summed E-state index contributed by atoms with van der Waals surface area (Å²) in [6.07, 6.45) is 1.39. The average molecular weight is 329 g/mol. The van der Waals surface area contributed by atoms with E-state index in [9.17, 15) is 9.18 Å². The number of aromatic nitrogens is 4. The summed E-state index contributed by atoms with van der Waals surface area (Å²) < 4.78 is 19.2. The molecule has 0 fully saturated rings. The van der Waals surface area contributed by atoms with E-state index in [1.54, 1.807) is 6.92 Å². The lowest BCUT2D eigenvalue weighted by molar-refractivity contribution is 0.0692. The van der Waals surface area contributed by atoms with Crippen LogP contribution >= 0.6 is 0 Å². The quantitative estimate of drug-likeness (QED) is 0.743. The number of fused-ring (bicyclic) bond motifs is 1. The molecule has 0 aliphatic heterocycles. The van der Waals surface area contributed by atoms with Gasteiger partial charge in [0.05, 0.1) is 24.1 Å². The number of halogens is 1. The zero-order chi connectivity index (χ0) is 17.3. The number of carboxylic acid groups (broad SMARTS) is 1. The van der Waals surface area contributed by atoms with Crippen molar-refractivity contribution in [2.75, 3.05) is 12.3 Å². The molecule has 0 radical (unpaired) electrons. The second-order valence-corrected chi connectivity index (χ2v) is 4.75. The molecule has 0 unspecified atom stereocenters. The number of rotatable bonds is 4. The van der Waals surface area contributed by atoms with Gasteiger partial charge in [-0.1, -0.05) is 6.07 Å². The van der Waals surface area contributed by atoms with Gasteiger partial charge >= 0.3 is 5.97 Å². The van der Waals surface area contributed by atoms with E-state index >= 15 is 0 Å². The summed E-state index contributed by atoms with van der Waals surface area (Å²) in [6.45, 7) is 2.13. The summed E-state index contributed by atoms with van der Waals surface area (Å²) in [5.41, 5.74) is 6.40. The van der Waals surface area contributed by atoms with Gasteiger partial charge in [-0.2, -0.15) is 9.97 Å². The van der Waals surface area contributed by atoms with Crippen LogP contribution in [0.5, 0.6) is 5.88 Å². The SMILES string of the molecule is CCOc1nc(N)nc2ncc(-c3ccc(C(=O)O)c(F)c3)nc12. The van der Waals surface area contributed by atoms with Gasteiger partial charge in [-0.15, -0.1) is 0 Å². The number of benzene rings is 1. The van der Waals surface area contributed by atoms with Gasteiger partial charge in [0, 0.05) is 5.56 Å². The molecule has 2 aromatic heterocycles. The Labute approximate surface area is 135 Å². The molecular formula is C15H12FN5O3. The Morgan fingerprint density at radius 3 is 2.79 bits per heavy atom. The number of hydrogen-bond donors (Lipinski definition) is 2. The zero-order valence-corrected chi connectivity index (χ0v) is 12.5. The fraction of sp³-hybridized carbons (Fsp3) is 0.133. The third kappa shape index (κ3) is 2.78. The molecule has 0 saturated heterocycles. The van der Waals surface area contributed by atoms with Gasteiger partial charge in [0.2, 0.25) is 11.8 Å². The van der Waals surface area contributed by atoms with Crippen LogP contribution in [0.25, 0.3) is 22.4 Å². The Balaban J connectivity index is 2.14. The maximum Gasteiger partial charge on any atom is 0.338 e. The Bertz CT molecular complexity index is 948. The van der Waals surface area contributed by atoms with Crippen LogP contribution in [0.2, 0.25) is 0 Å². The summed E-state index contributed by atoms with van der Waals surface area (Å²) in [6, 6.07) is 3.69. The maximum absolute atomic E-state index is 13.9. The topological polar surface area (TPSA) is 124 Å². The Kier molecular flexibility index (Phi) is 3.90. The van der Waals surface area contributed by atoms with Crippen LogP contribution in [-0.2, 0) is 0 Å². The van der Waals surface area contributed by atoms with Gasteiger partial charge in [0.25, 0.3) is 0 Å². The lowest BCUT2D eigenvalue weighted by atomic mass is 10.1. The van der Waals surface area contributed by atoms with Gasteiger partial charge in [0.1, 0.15) is 5.82 Å². The van der Waals surface area contributed by atoms with Crippen LogP contribution in [0.15, 0.2) is 24.4 Å². The molecule has 9 heteroatoms. The van der Waals surface area contributed by atoms with Crippen LogP contribution in [0.3, 0.4) is 0 Å². The molecular weight excluding hydrogens is 317 g/mol. The number of anilines is 1. The molecule has 0 aliphatic rings. The second kappa shape index (κ2) is 6.03. The predicted octanol–water partition coefficient (Wildman–Crippen LogP) is 1.90. The summed E-state index contributed by atoms with van der Waals surface area (Å²) >= 11 is 0. The lowest BCUT2D eigenvalue weighted by Gasteiger charge is -2.08. The molecule has 1 aromatic carbocycles. The van der Waals surface area contributed by atoms with Crippen molar-refractivity contribution < 1.29 is 19.0 Å². The highest BCUT2D eigenvalue weighted by Gasteiger charge is 2.15. The Morgan fingerprint density at radius 1 is 1.33 bits per heavy atom. The number of nitrogens with two attached hydrogens (primary N) is 1. The minimum atomic E-state index is -1.34. The molecule has 3 aromatic rings. The lowest BCUT2D eigenvalue weighted by Crippen LogP contribution is -2.04. The first-order chi connectivity index (χ1) is 11.5. The van der Waals surface area contributed by atoms with Gasteiger partial charge in [-0.05, 0) is 19.1 Å². The summed E-state index contributed by atoms with van der Waals surface area (Å²) in [7, 11) is 0. The Hall–Kier alpha value is -3.36. The van der Waals surface area contributed by atoms with Crippen LogP contribution in [0, 0.1) is 5.82 Å². The first kappa shape index (κ1) is 15.5.